The topological polar surface area (TPSA) is 20.2 Å². The minimum atomic E-state index is -0.156. The fraction of sp³-hybridized carbons (Fsp3) is 0.778. The summed E-state index contributed by atoms with van der Waals surface area (Å²) in [7, 11) is 0. The minimum Gasteiger partial charge on any atom is -0.393 e. The van der Waals surface area contributed by atoms with Gasteiger partial charge in [0, 0.05) is 5.92 Å². The van der Waals surface area contributed by atoms with Gasteiger partial charge < -0.3 is 5.11 Å². The largest absolute Gasteiger partial charge is 0.393 e. The maximum Gasteiger partial charge on any atom is 0.0577 e. The molecule has 10 heavy (non-hydrogen) atoms. The van der Waals surface area contributed by atoms with E-state index in [0.717, 1.165) is 0 Å². The van der Waals surface area contributed by atoms with E-state index in [4.69, 9.17) is 0 Å². The Labute approximate surface area is 62.8 Å². The van der Waals surface area contributed by atoms with Crippen molar-refractivity contribution in [1.82, 2.24) is 0 Å². The summed E-state index contributed by atoms with van der Waals surface area (Å²) in [5, 5.41) is 9.31. The minimum absolute atomic E-state index is 0.156. The molecule has 1 nitrogen and oxygen atoms in total. The predicted molar refractivity (Wildman–Crippen MR) is 42.8 cm³/mol. The van der Waals surface area contributed by atoms with Gasteiger partial charge in [0.05, 0.1) is 6.10 Å². The molecule has 2 atom stereocenters. The van der Waals surface area contributed by atoms with Gasteiger partial charge in [-0.15, -0.1) is 0 Å². The van der Waals surface area contributed by atoms with Crippen LogP contribution >= 0.6 is 0 Å². The van der Waals surface area contributed by atoms with Gasteiger partial charge in [-0.3, -0.25) is 0 Å². The monoisotopic (exact) mass is 140 g/mol. The number of hydrogen-bond acceptors (Lipinski definition) is 1. The van der Waals surface area contributed by atoms with Gasteiger partial charge >= 0.3 is 0 Å². The van der Waals surface area contributed by atoms with E-state index < -0.39 is 0 Å². The first-order chi connectivity index (χ1) is 4.72. The van der Waals surface area contributed by atoms with Crippen LogP contribution in [0.15, 0.2) is 11.6 Å². The summed E-state index contributed by atoms with van der Waals surface area (Å²) in [6.45, 7) is 4.00. The second kappa shape index (κ2) is 3.20. The molecule has 1 aliphatic carbocycles. The van der Waals surface area contributed by atoms with Gasteiger partial charge in [-0.1, -0.05) is 11.6 Å². The Balaban J connectivity index is 2.58. The maximum absolute atomic E-state index is 9.31. The van der Waals surface area contributed by atoms with Crippen LogP contribution in [0.2, 0.25) is 0 Å². The first-order valence-electron chi connectivity index (χ1n) is 4.06. The van der Waals surface area contributed by atoms with Crippen LogP contribution < -0.4 is 0 Å². The number of allylic oxidation sites excluding steroid dienone is 1. The van der Waals surface area contributed by atoms with E-state index in [1.165, 1.54) is 24.8 Å². The number of hydrogen-bond donors (Lipinski definition) is 1. The molecule has 0 aliphatic heterocycles. The summed E-state index contributed by atoms with van der Waals surface area (Å²) in [5.74, 6) is 0.439. The second-order valence-electron chi connectivity index (χ2n) is 3.23. The van der Waals surface area contributed by atoms with Crippen LogP contribution in [0.25, 0.3) is 0 Å². The lowest BCUT2D eigenvalue weighted by Crippen LogP contribution is -2.19. The van der Waals surface area contributed by atoms with Crippen LogP contribution in [0.5, 0.6) is 0 Å². The molecule has 0 radical (unpaired) electrons. The van der Waals surface area contributed by atoms with E-state index in [-0.39, 0.29) is 6.10 Å². The van der Waals surface area contributed by atoms with Gasteiger partial charge in [0.15, 0.2) is 0 Å². The smallest absolute Gasteiger partial charge is 0.0577 e. The van der Waals surface area contributed by atoms with E-state index >= 15 is 0 Å². The first kappa shape index (κ1) is 7.80. The van der Waals surface area contributed by atoms with Crippen LogP contribution in [0.1, 0.15) is 33.1 Å². The fourth-order valence-electron chi connectivity index (χ4n) is 1.67. The number of aliphatic hydroxyl groups excluding tert-OH is 1. The normalized spacial score (nSPS) is 29.5. The average molecular weight is 140 g/mol. The Kier molecular flexibility index (Phi) is 2.50. The zero-order valence-corrected chi connectivity index (χ0v) is 6.80. The molecule has 0 aromatic rings. The zero-order valence-electron chi connectivity index (χ0n) is 6.80. The van der Waals surface area contributed by atoms with Crippen LogP contribution in [-0.4, -0.2) is 11.2 Å². The van der Waals surface area contributed by atoms with Crippen molar-refractivity contribution in [2.75, 3.05) is 0 Å². The third-order valence-corrected chi connectivity index (χ3v) is 2.35. The van der Waals surface area contributed by atoms with E-state index in [2.05, 4.69) is 13.0 Å². The highest BCUT2D eigenvalue weighted by atomic mass is 16.3. The van der Waals surface area contributed by atoms with Crippen molar-refractivity contribution in [1.29, 1.82) is 0 Å². The Morgan fingerprint density at radius 2 is 2.40 bits per heavy atom. The molecule has 0 fully saturated rings. The van der Waals surface area contributed by atoms with Gasteiger partial charge in [0.2, 0.25) is 0 Å². The van der Waals surface area contributed by atoms with Crippen LogP contribution in [-0.2, 0) is 0 Å². The molecule has 0 aromatic carbocycles. The molecule has 0 amide bonds. The van der Waals surface area contributed by atoms with Crippen molar-refractivity contribution in [3.8, 4) is 0 Å². The third-order valence-electron chi connectivity index (χ3n) is 2.35. The lowest BCUT2D eigenvalue weighted by Gasteiger charge is -2.24. The van der Waals surface area contributed by atoms with Crippen molar-refractivity contribution in [2.24, 2.45) is 5.92 Å². The highest BCUT2D eigenvalue weighted by Gasteiger charge is 2.18. The quantitative estimate of drug-likeness (QED) is 0.553. The summed E-state index contributed by atoms with van der Waals surface area (Å²) in [5.41, 5.74) is 1.38. The van der Waals surface area contributed by atoms with Crippen molar-refractivity contribution in [3.63, 3.8) is 0 Å². The predicted octanol–water partition coefficient (Wildman–Crippen LogP) is 2.11. The lowest BCUT2D eigenvalue weighted by molar-refractivity contribution is 0.134. The number of aliphatic hydroxyl groups is 1. The van der Waals surface area contributed by atoms with Gasteiger partial charge in [0.1, 0.15) is 0 Å². The van der Waals surface area contributed by atoms with E-state index in [9.17, 15) is 5.11 Å². The van der Waals surface area contributed by atoms with E-state index in [0.29, 0.717) is 5.92 Å². The summed E-state index contributed by atoms with van der Waals surface area (Å²) in [4.78, 5) is 0. The van der Waals surface area contributed by atoms with Crippen molar-refractivity contribution < 1.29 is 5.11 Å². The molecule has 0 bridgehead atoms. The highest BCUT2D eigenvalue weighted by Crippen LogP contribution is 2.26. The lowest BCUT2D eigenvalue weighted by atomic mass is 9.85. The van der Waals surface area contributed by atoms with Gasteiger partial charge in [0.25, 0.3) is 0 Å². The molecule has 1 aliphatic rings. The molecule has 0 spiro atoms. The average Bonchev–Trinajstić information content (AvgIpc) is 1.88. The Morgan fingerprint density at radius 3 is 2.80 bits per heavy atom. The standard InChI is InChI=1S/C9H16O/c1-7-5-3-4-6-9(7)8(2)10/h5,8-10H,3-4,6H2,1-2H3/t8-,9+/m0/s1. The van der Waals surface area contributed by atoms with E-state index in [1.54, 1.807) is 0 Å². The van der Waals surface area contributed by atoms with Crippen LogP contribution in [0.4, 0.5) is 0 Å². The Bertz CT molecular complexity index is 136. The molecular weight excluding hydrogens is 124 g/mol. The van der Waals surface area contributed by atoms with Gasteiger partial charge in [-0.25, -0.2) is 0 Å². The first-order valence-corrected chi connectivity index (χ1v) is 4.06. The Hall–Kier alpha value is -0.300. The summed E-state index contributed by atoms with van der Waals surface area (Å²) >= 11 is 0. The van der Waals surface area contributed by atoms with Gasteiger partial charge in [-0.2, -0.15) is 0 Å². The fourth-order valence-corrected chi connectivity index (χ4v) is 1.67. The molecular formula is C9H16O. The summed E-state index contributed by atoms with van der Waals surface area (Å²) in [6, 6.07) is 0. The van der Waals surface area contributed by atoms with Crippen LogP contribution in [0, 0.1) is 5.92 Å². The molecule has 0 saturated carbocycles. The summed E-state index contributed by atoms with van der Waals surface area (Å²) < 4.78 is 0. The molecule has 1 rings (SSSR count). The molecule has 58 valence electrons. The molecule has 0 heterocycles. The SMILES string of the molecule is CC1=CCCC[C@H]1[C@H](C)O. The second-order valence-corrected chi connectivity index (χ2v) is 3.23. The third kappa shape index (κ3) is 1.60. The number of rotatable bonds is 1. The molecule has 0 saturated heterocycles. The molecule has 1 heteroatoms. The summed E-state index contributed by atoms with van der Waals surface area (Å²) in [6.07, 6.45) is 5.71. The highest BCUT2D eigenvalue weighted by molar-refractivity contribution is 5.08. The molecule has 0 unspecified atom stereocenters. The van der Waals surface area contributed by atoms with Gasteiger partial charge in [-0.05, 0) is 33.1 Å². The van der Waals surface area contributed by atoms with E-state index in [1.807, 2.05) is 6.92 Å². The maximum atomic E-state index is 9.31. The van der Waals surface area contributed by atoms with Crippen LogP contribution in [0.3, 0.4) is 0 Å². The van der Waals surface area contributed by atoms with Crippen molar-refractivity contribution in [2.45, 2.75) is 39.2 Å². The molecule has 1 N–H and O–H groups in total. The van der Waals surface area contributed by atoms with Crippen molar-refractivity contribution in [3.05, 3.63) is 11.6 Å². The zero-order chi connectivity index (χ0) is 7.56. The van der Waals surface area contributed by atoms with Crippen molar-refractivity contribution >= 4 is 0 Å². The Morgan fingerprint density at radius 1 is 1.70 bits per heavy atom. The molecule has 0 aromatic heterocycles.